The molecule has 1 fully saturated rings. The average molecular weight is 369 g/mol. The van der Waals surface area contributed by atoms with Crippen molar-refractivity contribution in [3.8, 4) is 5.75 Å². The number of halogens is 1. The molecular weight excluding hydrogens is 348 g/mol. The van der Waals surface area contributed by atoms with Crippen molar-refractivity contribution >= 4 is 28.1 Å². The molecule has 1 N–H and O–H groups in total. The molecule has 6 heteroatoms. The highest BCUT2D eigenvalue weighted by atomic mass is 79.9. The van der Waals surface area contributed by atoms with E-state index in [0.29, 0.717) is 11.3 Å². The van der Waals surface area contributed by atoms with Gasteiger partial charge < -0.3 is 15.0 Å². The van der Waals surface area contributed by atoms with Crippen molar-refractivity contribution in [2.75, 3.05) is 26.2 Å². The Kier molecular flexibility index (Phi) is 6.39. The van der Waals surface area contributed by atoms with Gasteiger partial charge in [0.2, 0.25) is 0 Å². The Morgan fingerprint density at radius 1 is 1.45 bits per heavy atom. The first-order chi connectivity index (χ1) is 10.6. The van der Waals surface area contributed by atoms with E-state index in [1.165, 1.54) is 0 Å². The highest BCUT2D eigenvalue weighted by molar-refractivity contribution is 9.10. The van der Waals surface area contributed by atoms with E-state index in [2.05, 4.69) is 33.1 Å². The molecule has 0 aliphatic carbocycles. The summed E-state index contributed by atoms with van der Waals surface area (Å²) in [5.41, 5.74) is 0.429. The molecule has 5 nitrogen and oxygen atoms in total. The number of carbonyl (C=O) groups is 2. The van der Waals surface area contributed by atoms with Crippen LogP contribution in [0.25, 0.3) is 0 Å². The van der Waals surface area contributed by atoms with Crippen molar-refractivity contribution in [2.24, 2.45) is 0 Å². The summed E-state index contributed by atoms with van der Waals surface area (Å²) in [6.45, 7) is 5.17. The van der Waals surface area contributed by atoms with Crippen LogP contribution in [0, 0.1) is 0 Å². The monoisotopic (exact) mass is 368 g/mol. The number of aldehydes is 1. The molecule has 1 aromatic carbocycles. The maximum absolute atomic E-state index is 12.0. The van der Waals surface area contributed by atoms with Crippen molar-refractivity contribution < 1.29 is 14.3 Å². The summed E-state index contributed by atoms with van der Waals surface area (Å²) in [5, 5.41) is 2.99. The van der Waals surface area contributed by atoms with Gasteiger partial charge in [0.25, 0.3) is 5.91 Å². The van der Waals surface area contributed by atoms with Crippen LogP contribution in [0.3, 0.4) is 0 Å². The minimum absolute atomic E-state index is 0.0730. The summed E-state index contributed by atoms with van der Waals surface area (Å²) in [5.74, 6) is 0.281. The van der Waals surface area contributed by atoms with Gasteiger partial charge in [-0.15, -0.1) is 0 Å². The maximum atomic E-state index is 12.0. The first-order valence-electron chi connectivity index (χ1n) is 7.51. The maximum Gasteiger partial charge on any atom is 0.258 e. The van der Waals surface area contributed by atoms with Crippen LogP contribution in [0.5, 0.6) is 5.75 Å². The number of benzene rings is 1. The molecule has 0 radical (unpaired) electrons. The molecule has 1 aliphatic heterocycles. The lowest BCUT2D eigenvalue weighted by molar-refractivity contribution is -0.124. The number of hydrogen-bond donors (Lipinski definition) is 1. The predicted octanol–water partition coefficient (Wildman–Crippen LogP) is 2.24. The lowest BCUT2D eigenvalue weighted by Crippen LogP contribution is -2.45. The second kappa shape index (κ2) is 8.29. The molecule has 120 valence electrons. The number of piperidine rings is 1. The number of rotatable bonds is 6. The Labute approximate surface area is 139 Å². The number of amides is 1. The van der Waals surface area contributed by atoms with Crippen LogP contribution >= 0.6 is 15.9 Å². The number of nitrogens with zero attached hydrogens (tertiary/aromatic N) is 1. The van der Waals surface area contributed by atoms with Crippen LogP contribution in [0.1, 0.15) is 30.1 Å². The van der Waals surface area contributed by atoms with Crippen LogP contribution in [0.15, 0.2) is 22.7 Å². The molecule has 22 heavy (non-hydrogen) atoms. The summed E-state index contributed by atoms with van der Waals surface area (Å²) in [6, 6.07) is 5.34. The highest BCUT2D eigenvalue weighted by Crippen LogP contribution is 2.21. The van der Waals surface area contributed by atoms with E-state index >= 15 is 0 Å². The normalized spacial score (nSPS) is 16.3. The van der Waals surface area contributed by atoms with Gasteiger partial charge in [-0.05, 0) is 37.6 Å². The zero-order valence-electron chi connectivity index (χ0n) is 12.7. The fraction of sp³-hybridized carbons (Fsp3) is 0.500. The topological polar surface area (TPSA) is 58.6 Å². The van der Waals surface area contributed by atoms with Gasteiger partial charge in [0.1, 0.15) is 5.75 Å². The van der Waals surface area contributed by atoms with Gasteiger partial charge in [0.05, 0.1) is 5.56 Å². The van der Waals surface area contributed by atoms with Crippen LogP contribution in [-0.4, -0.2) is 49.4 Å². The minimum atomic E-state index is -0.144. The van der Waals surface area contributed by atoms with Gasteiger partial charge in [-0.3, -0.25) is 9.59 Å². The Bertz CT molecular complexity index is 528. The summed E-state index contributed by atoms with van der Waals surface area (Å²) >= 11 is 3.30. The Morgan fingerprint density at radius 2 is 2.18 bits per heavy atom. The van der Waals surface area contributed by atoms with E-state index in [4.69, 9.17) is 4.74 Å². The van der Waals surface area contributed by atoms with Gasteiger partial charge in [-0.25, -0.2) is 0 Å². The molecule has 0 aromatic heterocycles. The molecular formula is C16H21BrN2O3. The average Bonchev–Trinajstić information content (AvgIpc) is 2.54. The Balaban J connectivity index is 1.80. The Morgan fingerprint density at radius 3 is 2.82 bits per heavy atom. The van der Waals surface area contributed by atoms with Gasteiger partial charge in [-0.2, -0.15) is 0 Å². The fourth-order valence-electron chi connectivity index (χ4n) is 2.55. The number of carbonyl (C=O) groups excluding carboxylic acids is 2. The van der Waals surface area contributed by atoms with Crippen LogP contribution in [0.4, 0.5) is 0 Å². The summed E-state index contributed by atoms with van der Waals surface area (Å²) in [7, 11) is 0. The number of ether oxygens (including phenoxy) is 1. The van der Waals surface area contributed by atoms with Crippen LogP contribution in [-0.2, 0) is 4.79 Å². The van der Waals surface area contributed by atoms with Gasteiger partial charge in [0.15, 0.2) is 12.9 Å². The first-order valence-corrected chi connectivity index (χ1v) is 8.31. The minimum Gasteiger partial charge on any atom is -0.483 e. The fourth-order valence-corrected chi connectivity index (χ4v) is 2.93. The number of nitrogens with one attached hydrogen (secondary N) is 1. The third-order valence-corrected chi connectivity index (χ3v) is 4.35. The summed E-state index contributed by atoms with van der Waals surface area (Å²) in [6.07, 6.45) is 2.66. The molecule has 1 saturated heterocycles. The lowest BCUT2D eigenvalue weighted by Gasteiger charge is -2.31. The zero-order chi connectivity index (χ0) is 15.9. The van der Waals surface area contributed by atoms with Crippen molar-refractivity contribution in [1.82, 2.24) is 10.2 Å². The van der Waals surface area contributed by atoms with Crippen molar-refractivity contribution in [3.05, 3.63) is 28.2 Å². The van der Waals surface area contributed by atoms with Crippen molar-refractivity contribution in [3.63, 3.8) is 0 Å². The molecule has 0 spiro atoms. The van der Waals surface area contributed by atoms with Crippen molar-refractivity contribution in [2.45, 2.75) is 25.8 Å². The second-order valence-corrected chi connectivity index (χ2v) is 6.28. The molecule has 1 aliphatic rings. The molecule has 1 aromatic rings. The first kappa shape index (κ1) is 17.0. The van der Waals surface area contributed by atoms with E-state index in [-0.39, 0.29) is 18.6 Å². The smallest absolute Gasteiger partial charge is 0.258 e. The van der Waals surface area contributed by atoms with E-state index in [0.717, 1.165) is 43.2 Å². The SMILES string of the molecule is CCN1CCC(NC(=O)COc2ccc(Br)cc2C=O)CC1. The molecule has 0 unspecified atom stereocenters. The quantitative estimate of drug-likeness (QED) is 0.782. The molecule has 0 bridgehead atoms. The molecule has 1 amide bonds. The van der Waals surface area contributed by atoms with E-state index in [1.54, 1.807) is 18.2 Å². The largest absolute Gasteiger partial charge is 0.483 e. The van der Waals surface area contributed by atoms with E-state index in [1.807, 2.05) is 0 Å². The van der Waals surface area contributed by atoms with E-state index < -0.39 is 0 Å². The summed E-state index contributed by atoms with van der Waals surface area (Å²) < 4.78 is 6.25. The predicted molar refractivity (Wildman–Crippen MR) is 88.3 cm³/mol. The van der Waals surface area contributed by atoms with Crippen LogP contribution in [0.2, 0.25) is 0 Å². The molecule has 1 heterocycles. The zero-order valence-corrected chi connectivity index (χ0v) is 14.3. The standard InChI is InChI=1S/C16H21BrN2O3/c1-2-19-7-5-14(6-8-19)18-16(21)11-22-15-4-3-13(17)9-12(15)10-20/h3-4,9-10,14H,2,5-8,11H2,1H3,(H,18,21). The van der Waals surface area contributed by atoms with Crippen LogP contribution < -0.4 is 10.1 Å². The van der Waals surface area contributed by atoms with Gasteiger partial charge >= 0.3 is 0 Å². The third kappa shape index (κ3) is 4.81. The van der Waals surface area contributed by atoms with Gasteiger partial charge in [0, 0.05) is 23.6 Å². The van der Waals surface area contributed by atoms with E-state index in [9.17, 15) is 9.59 Å². The highest BCUT2D eigenvalue weighted by Gasteiger charge is 2.19. The lowest BCUT2D eigenvalue weighted by atomic mass is 10.1. The molecule has 2 rings (SSSR count). The number of hydrogen-bond acceptors (Lipinski definition) is 4. The molecule has 0 atom stereocenters. The second-order valence-electron chi connectivity index (χ2n) is 5.36. The molecule has 0 saturated carbocycles. The van der Waals surface area contributed by atoms with Gasteiger partial charge in [-0.1, -0.05) is 22.9 Å². The third-order valence-electron chi connectivity index (χ3n) is 3.86. The number of likely N-dealkylation sites (tertiary alicyclic amines) is 1. The Hall–Kier alpha value is -1.40. The van der Waals surface area contributed by atoms with Crippen molar-refractivity contribution in [1.29, 1.82) is 0 Å². The summed E-state index contributed by atoms with van der Waals surface area (Å²) in [4.78, 5) is 25.3.